The summed E-state index contributed by atoms with van der Waals surface area (Å²) in [6.07, 6.45) is 1.25. The molecule has 5 heteroatoms. The molecule has 1 aliphatic rings. The summed E-state index contributed by atoms with van der Waals surface area (Å²) in [5, 5.41) is 18.9. The van der Waals surface area contributed by atoms with Crippen molar-refractivity contribution in [3.63, 3.8) is 0 Å². The van der Waals surface area contributed by atoms with E-state index in [2.05, 4.69) is 4.90 Å². The molecule has 1 saturated heterocycles. The first-order valence-electron chi connectivity index (χ1n) is 7.07. The van der Waals surface area contributed by atoms with Gasteiger partial charge in [-0.2, -0.15) is 0 Å². The van der Waals surface area contributed by atoms with Crippen LogP contribution in [0.2, 0.25) is 0 Å². The second-order valence-electron chi connectivity index (χ2n) is 5.42. The molecule has 2 unspecified atom stereocenters. The molecule has 2 atom stereocenters. The molecule has 0 aliphatic carbocycles. The van der Waals surface area contributed by atoms with Gasteiger partial charge in [0, 0.05) is 25.3 Å². The molecule has 1 aromatic rings. The fourth-order valence-corrected chi connectivity index (χ4v) is 2.77. The molecular weight excluding hydrogens is 264 g/mol. The molecule has 0 saturated carbocycles. The van der Waals surface area contributed by atoms with Crippen LogP contribution < -0.4 is 0 Å². The zero-order valence-electron chi connectivity index (χ0n) is 11.4. The lowest BCUT2D eigenvalue weighted by Gasteiger charge is -2.19. The van der Waals surface area contributed by atoms with Crippen molar-refractivity contribution in [1.29, 1.82) is 0 Å². The van der Waals surface area contributed by atoms with Crippen LogP contribution in [-0.4, -0.2) is 41.4 Å². The summed E-state index contributed by atoms with van der Waals surface area (Å²) in [4.78, 5) is 2.20. The number of aliphatic hydroxyl groups excluding tert-OH is 2. The maximum Gasteiger partial charge on any atom is 0.164 e. The van der Waals surface area contributed by atoms with E-state index in [4.69, 9.17) is 5.11 Å². The fourth-order valence-electron chi connectivity index (χ4n) is 2.77. The van der Waals surface area contributed by atoms with Crippen LogP contribution in [-0.2, 0) is 0 Å². The normalized spacial score (nSPS) is 21.3. The van der Waals surface area contributed by atoms with E-state index in [1.165, 1.54) is 12.1 Å². The minimum absolute atomic E-state index is 0.0242. The van der Waals surface area contributed by atoms with E-state index in [0.29, 0.717) is 18.9 Å². The highest BCUT2D eigenvalue weighted by atomic mass is 19.2. The molecule has 0 radical (unpaired) electrons. The number of hydrogen-bond acceptors (Lipinski definition) is 3. The first-order valence-corrected chi connectivity index (χ1v) is 7.07. The molecule has 1 aliphatic heterocycles. The van der Waals surface area contributed by atoms with Crippen LogP contribution in [0.3, 0.4) is 0 Å². The third kappa shape index (κ3) is 3.75. The lowest BCUT2D eigenvalue weighted by Crippen LogP contribution is -2.24. The minimum atomic E-state index is -0.984. The Hall–Kier alpha value is -1.04. The van der Waals surface area contributed by atoms with Gasteiger partial charge in [-0.1, -0.05) is 12.1 Å². The highest BCUT2D eigenvalue weighted by molar-refractivity contribution is 5.21. The Morgan fingerprint density at radius 1 is 1.35 bits per heavy atom. The van der Waals surface area contributed by atoms with Crippen molar-refractivity contribution in [2.75, 3.05) is 26.2 Å². The van der Waals surface area contributed by atoms with Crippen molar-refractivity contribution < 1.29 is 19.0 Å². The van der Waals surface area contributed by atoms with Crippen LogP contribution in [0, 0.1) is 17.6 Å². The molecule has 0 amide bonds. The van der Waals surface area contributed by atoms with Gasteiger partial charge in [0.2, 0.25) is 0 Å². The Balaban J connectivity index is 1.84. The molecule has 0 spiro atoms. The Kier molecular flexibility index (Phi) is 5.46. The van der Waals surface area contributed by atoms with E-state index in [1.807, 2.05) is 0 Å². The van der Waals surface area contributed by atoms with Crippen LogP contribution in [0.5, 0.6) is 0 Å². The molecular formula is C15H21F2NO2. The lowest BCUT2D eigenvalue weighted by atomic mass is 10.1. The maximum absolute atomic E-state index is 13.5. The standard InChI is InChI=1S/C15H21F2NO2/c16-13-3-1-2-12(15(13)17)14(20)5-8-18-7-4-11(10-18)6-9-19/h1-3,11,14,19-20H,4-10H2. The van der Waals surface area contributed by atoms with Gasteiger partial charge >= 0.3 is 0 Å². The smallest absolute Gasteiger partial charge is 0.164 e. The van der Waals surface area contributed by atoms with E-state index in [0.717, 1.165) is 32.0 Å². The monoisotopic (exact) mass is 285 g/mol. The second-order valence-corrected chi connectivity index (χ2v) is 5.42. The van der Waals surface area contributed by atoms with Crippen LogP contribution in [0.1, 0.15) is 30.9 Å². The quantitative estimate of drug-likeness (QED) is 0.841. The van der Waals surface area contributed by atoms with Gasteiger partial charge in [0.05, 0.1) is 6.10 Å². The molecule has 2 rings (SSSR count). The van der Waals surface area contributed by atoms with E-state index in [1.54, 1.807) is 0 Å². The number of aliphatic hydroxyl groups is 2. The highest BCUT2D eigenvalue weighted by Crippen LogP contribution is 2.24. The summed E-state index contributed by atoms with van der Waals surface area (Å²) in [7, 11) is 0. The van der Waals surface area contributed by atoms with Crippen molar-refractivity contribution in [1.82, 2.24) is 4.90 Å². The zero-order valence-corrected chi connectivity index (χ0v) is 11.4. The first-order chi connectivity index (χ1) is 9.61. The molecule has 0 aromatic heterocycles. The summed E-state index contributed by atoms with van der Waals surface area (Å²) in [6, 6.07) is 3.87. The molecule has 2 N–H and O–H groups in total. The molecule has 20 heavy (non-hydrogen) atoms. The molecule has 1 heterocycles. The second kappa shape index (κ2) is 7.11. The van der Waals surface area contributed by atoms with Crippen molar-refractivity contribution in [2.24, 2.45) is 5.92 Å². The maximum atomic E-state index is 13.5. The number of halogens is 2. The van der Waals surface area contributed by atoms with Gasteiger partial charge in [-0.3, -0.25) is 0 Å². The van der Waals surface area contributed by atoms with Crippen LogP contribution >= 0.6 is 0 Å². The largest absolute Gasteiger partial charge is 0.396 e. The minimum Gasteiger partial charge on any atom is -0.396 e. The number of benzene rings is 1. The van der Waals surface area contributed by atoms with Crippen molar-refractivity contribution >= 4 is 0 Å². The van der Waals surface area contributed by atoms with Crippen molar-refractivity contribution in [3.05, 3.63) is 35.4 Å². The van der Waals surface area contributed by atoms with Crippen LogP contribution in [0.15, 0.2) is 18.2 Å². The lowest BCUT2D eigenvalue weighted by molar-refractivity contribution is 0.142. The Morgan fingerprint density at radius 2 is 2.15 bits per heavy atom. The van der Waals surface area contributed by atoms with E-state index >= 15 is 0 Å². The van der Waals surface area contributed by atoms with Gasteiger partial charge < -0.3 is 15.1 Å². The number of rotatable bonds is 6. The number of nitrogens with zero attached hydrogens (tertiary/aromatic N) is 1. The summed E-state index contributed by atoms with van der Waals surface area (Å²) in [6.45, 7) is 2.69. The third-order valence-electron chi connectivity index (χ3n) is 3.97. The average molecular weight is 285 g/mol. The molecule has 1 aromatic carbocycles. The molecule has 1 fully saturated rings. The van der Waals surface area contributed by atoms with Gasteiger partial charge in [0.15, 0.2) is 11.6 Å². The predicted octanol–water partition coefficient (Wildman–Crippen LogP) is 2.09. The van der Waals surface area contributed by atoms with E-state index in [9.17, 15) is 13.9 Å². The number of likely N-dealkylation sites (tertiary alicyclic amines) is 1. The molecule has 0 bridgehead atoms. The predicted molar refractivity (Wildman–Crippen MR) is 72.2 cm³/mol. The van der Waals surface area contributed by atoms with Crippen molar-refractivity contribution in [3.8, 4) is 0 Å². The SMILES string of the molecule is OCCC1CCN(CCC(O)c2cccc(F)c2F)C1. The average Bonchev–Trinajstić information content (AvgIpc) is 2.87. The summed E-state index contributed by atoms with van der Waals surface area (Å²) in [5.74, 6) is -1.38. The summed E-state index contributed by atoms with van der Waals surface area (Å²) < 4.78 is 26.6. The topological polar surface area (TPSA) is 43.7 Å². The zero-order chi connectivity index (χ0) is 14.5. The van der Waals surface area contributed by atoms with E-state index in [-0.39, 0.29) is 12.2 Å². The van der Waals surface area contributed by atoms with Gasteiger partial charge in [-0.25, -0.2) is 8.78 Å². The Morgan fingerprint density at radius 3 is 2.90 bits per heavy atom. The Labute approximate surface area is 117 Å². The molecule has 3 nitrogen and oxygen atoms in total. The van der Waals surface area contributed by atoms with Crippen molar-refractivity contribution in [2.45, 2.75) is 25.4 Å². The Bertz CT molecular complexity index is 442. The van der Waals surface area contributed by atoms with E-state index < -0.39 is 17.7 Å². The summed E-state index contributed by atoms with van der Waals surface area (Å²) >= 11 is 0. The molecule has 112 valence electrons. The highest BCUT2D eigenvalue weighted by Gasteiger charge is 2.23. The first kappa shape index (κ1) is 15.4. The van der Waals surface area contributed by atoms with Gasteiger partial charge in [0.1, 0.15) is 0 Å². The van der Waals surface area contributed by atoms with Gasteiger partial charge in [-0.05, 0) is 37.8 Å². The third-order valence-corrected chi connectivity index (χ3v) is 3.97. The van der Waals surface area contributed by atoms with Crippen LogP contribution in [0.25, 0.3) is 0 Å². The fraction of sp³-hybridized carbons (Fsp3) is 0.600. The van der Waals surface area contributed by atoms with Gasteiger partial charge in [-0.15, -0.1) is 0 Å². The van der Waals surface area contributed by atoms with Crippen LogP contribution in [0.4, 0.5) is 8.78 Å². The summed E-state index contributed by atoms with van der Waals surface area (Å²) in [5.41, 5.74) is 0.0242. The number of hydrogen-bond donors (Lipinski definition) is 2. The van der Waals surface area contributed by atoms with Gasteiger partial charge in [0.25, 0.3) is 0 Å².